The van der Waals surface area contributed by atoms with Crippen LogP contribution in [-0.4, -0.2) is 9.13 Å². The summed E-state index contributed by atoms with van der Waals surface area (Å²) in [4.78, 5) is 0. The SMILES string of the molecule is C#CC[n+]1c(Br)c(Br)n(CC)c1Br.C#CC[n+]1c(Br)c(Br)n(CC)c1Br.F[P-](F)(F)(F)(F)F.F[P-](F)(F)(F)(F)F. The van der Waals surface area contributed by atoms with E-state index >= 15 is 0 Å². The van der Waals surface area contributed by atoms with Crippen LogP contribution in [-0.2, 0) is 26.2 Å². The maximum atomic E-state index is 9.87. The van der Waals surface area contributed by atoms with Crippen LogP contribution < -0.4 is 9.13 Å². The van der Waals surface area contributed by atoms with Crippen LogP contribution in [0.1, 0.15) is 13.8 Å². The normalized spacial score (nSPS) is 14.7. The van der Waals surface area contributed by atoms with Crippen LogP contribution in [0.15, 0.2) is 27.9 Å². The molecule has 0 bridgehead atoms. The molecule has 2 rings (SSSR count). The number of nitrogens with zero attached hydrogens (tertiary/aromatic N) is 4. The standard InChI is InChI=1S/2C8H8Br3N2.2F6P/c2*1-3-5-13-7(10)6(9)12(4-2)8(13)11;2*1-7(2,3,4,5)6/h2*1H,4-5H2,2H3;;/q2*+1;2*-1. The average molecular weight is 1030 g/mol. The summed E-state index contributed by atoms with van der Waals surface area (Å²) in [5, 5.41) is 0. The fourth-order valence-electron chi connectivity index (χ4n) is 2.05. The molecule has 2 aromatic rings. The molecule has 0 saturated carbocycles. The first-order valence-corrected chi connectivity index (χ1v) is 18.2. The van der Waals surface area contributed by atoms with E-state index < -0.39 is 15.6 Å². The molecule has 0 fully saturated rings. The van der Waals surface area contributed by atoms with Crippen LogP contribution in [0.25, 0.3) is 0 Å². The van der Waals surface area contributed by atoms with E-state index in [1.807, 2.05) is 9.13 Å². The molecule has 0 aliphatic rings. The van der Waals surface area contributed by atoms with E-state index in [4.69, 9.17) is 12.8 Å². The topological polar surface area (TPSA) is 17.6 Å². The number of rotatable bonds is 4. The quantitative estimate of drug-likeness (QED) is 0.126. The second-order valence-corrected chi connectivity index (χ2v) is 14.9. The van der Waals surface area contributed by atoms with Gasteiger partial charge in [0.15, 0.2) is 13.1 Å². The van der Waals surface area contributed by atoms with E-state index in [-0.39, 0.29) is 0 Å². The Morgan fingerprint density at radius 3 is 0.900 bits per heavy atom. The van der Waals surface area contributed by atoms with Crippen molar-refractivity contribution in [2.75, 3.05) is 0 Å². The number of hydrogen-bond acceptors (Lipinski definition) is 0. The third-order valence-corrected chi connectivity index (χ3v) is 9.30. The van der Waals surface area contributed by atoms with Crippen molar-refractivity contribution in [2.24, 2.45) is 0 Å². The van der Waals surface area contributed by atoms with Gasteiger partial charge >= 0.3 is 75.4 Å². The average Bonchev–Trinajstić information content (AvgIpc) is 3.02. The summed E-state index contributed by atoms with van der Waals surface area (Å²) in [6.07, 6.45) is 10.5. The Kier molecular flexibility index (Phi) is 14.1. The molecule has 236 valence electrons. The van der Waals surface area contributed by atoms with Gasteiger partial charge in [-0.05, 0) is 13.8 Å². The van der Waals surface area contributed by atoms with Crippen LogP contribution >= 0.6 is 111 Å². The number of aromatic nitrogens is 4. The maximum absolute atomic E-state index is 10.7. The van der Waals surface area contributed by atoms with Gasteiger partial charge < -0.3 is 0 Å². The third-order valence-electron chi connectivity index (χ3n) is 3.31. The molecule has 0 aliphatic carbocycles. The Labute approximate surface area is 270 Å². The zero-order chi connectivity index (χ0) is 32.8. The summed E-state index contributed by atoms with van der Waals surface area (Å²) < 4.78 is 132. The van der Waals surface area contributed by atoms with E-state index in [0.717, 1.165) is 41.0 Å². The van der Waals surface area contributed by atoms with Crippen molar-refractivity contribution in [1.82, 2.24) is 9.13 Å². The zero-order valence-electron chi connectivity index (χ0n) is 19.5. The Balaban J connectivity index is 0. The van der Waals surface area contributed by atoms with E-state index in [0.29, 0.717) is 13.1 Å². The molecule has 0 atom stereocenters. The van der Waals surface area contributed by atoms with Crippen LogP contribution in [0, 0.1) is 24.7 Å². The fourth-order valence-corrected chi connectivity index (χ4v) is 6.75. The van der Waals surface area contributed by atoms with Crippen molar-refractivity contribution in [3.8, 4) is 24.7 Å². The number of terminal acetylenes is 2. The molecule has 0 N–H and O–H groups in total. The molecule has 0 spiro atoms. The molecule has 0 amide bonds. The van der Waals surface area contributed by atoms with Crippen molar-refractivity contribution in [1.29, 1.82) is 0 Å². The molecule has 0 aliphatic heterocycles. The molecule has 0 aromatic carbocycles. The summed E-state index contributed by atoms with van der Waals surface area (Å²) in [5.74, 6) is 5.20. The molecule has 40 heavy (non-hydrogen) atoms. The Morgan fingerprint density at radius 1 is 0.575 bits per heavy atom. The number of imidazole rings is 2. The van der Waals surface area contributed by atoms with Crippen LogP contribution in [0.4, 0.5) is 50.4 Å². The van der Waals surface area contributed by atoms with E-state index in [2.05, 4.69) is 130 Å². The van der Waals surface area contributed by atoms with E-state index in [1.165, 1.54) is 0 Å². The summed E-state index contributed by atoms with van der Waals surface area (Å²) in [7, 11) is -21.3. The van der Waals surface area contributed by atoms with Crippen molar-refractivity contribution in [3.05, 3.63) is 27.9 Å². The fraction of sp³-hybridized carbons (Fsp3) is 0.375. The van der Waals surface area contributed by atoms with Gasteiger partial charge in [0.1, 0.15) is 0 Å². The second kappa shape index (κ2) is 13.2. The van der Waals surface area contributed by atoms with Gasteiger partial charge in [-0.3, -0.25) is 0 Å². The molecule has 2 aromatic heterocycles. The number of hydrogen-bond donors (Lipinski definition) is 0. The molecular weight excluding hydrogens is 1020 g/mol. The molecule has 4 nitrogen and oxygen atoms in total. The molecule has 0 saturated heterocycles. The van der Waals surface area contributed by atoms with Crippen molar-refractivity contribution in [3.63, 3.8) is 0 Å². The molecule has 0 unspecified atom stereocenters. The zero-order valence-corrected chi connectivity index (χ0v) is 30.8. The Bertz CT molecular complexity index is 1170. The molecule has 2 heterocycles. The number of halogens is 18. The minimum atomic E-state index is -10.7. The molecule has 24 heteroatoms. The Hall–Kier alpha value is 0.440. The van der Waals surface area contributed by atoms with Gasteiger partial charge in [-0.2, -0.15) is 9.13 Å². The first-order valence-electron chi connectivity index (χ1n) is 9.41. The van der Waals surface area contributed by atoms with Crippen LogP contribution in [0.5, 0.6) is 0 Å². The summed E-state index contributed by atoms with van der Waals surface area (Å²) in [5.41, 5.74) is 0. The van der Waals surface area contributed by atoms with Gasteiger partial charge in [0.2, 0.25) is 18.4 Å². The van der Waals surface area contributed by atoms with Crippen LogP contribution in [0.3, 0.4) is 0 Å². The van der Waals surface area contributed by atoms with Crippen molar-refractivity contribution < 1.29 is 59.5 Å². The first-order chi connectivity index (χ1) is 17.2. The van der Waals surface area contributed by atoms with Gasteiger partial charge in [-0.15, -0.1) is 12.8 Å². The summed E-state index contributed by atoms with van der Waals surface area (Å²) in [6, 6.07) is 0. The minimum absolute atomic E-state index is 0.548. The van der Waals surface area contributed by atoms with E-state index in [1.54, 1.807) is 0 Å². The Morgan fingerprint density at radius 2 is 0.775 bits per heavy atom. The van der Waals surface area contributed by atoms with Gasteiger partial charge in [0.25, 0.3) is 0 Å². The van der Waals surface area contributed by atoms with Gasteiger partial charge in [0, 0.05) is 95.6 Å². The summed E-state index contributed by atoms with van der Waals surface area (Å²) >= 11 is 20.9. The predicted octanol–water partition coefficient (Wildman–Crippen LogP) is 12.2. The van der Waals surface area contributed by atoms with Gasteiger partial charge in [0.05, 0.1) is 13.1 Å². The third kappa shape index (κ3) is 21.2. The first kappa shape index (κ1) is 42.6. The van der Waals surface area contributed by atoms with Crippen molar-refractivity contribution in [2.45, 2.75) is 40.0 Å². The van der Waals surface area contributed by atoms with E-state index in [9.17, 15) is 50.4 Å². The van der Waals surface area contributed by atoms with Gasteiger partial charge in [-0.25, -0.2) is 9.13 Å². The van der Waals surface area contributed by atoms with Crippen LogP contribution in [0.2, 0.25) is 0 Å². The van der Waals surface area contributed by atoms with Gasteiger partial charge in [-0.1, -0.05) is 11.8 Å². The van der Waals surface area contributed by atoms with Crippen molar-refractivity contribution >= 4 is 111 Å². The summed E-state index contributed by atoms with van der Waals surface area (Å²) in [6.45, 7) is 7.01. The second-order valence-electron chi connectivity index (χ2n) is 6.69. The predicted molar refractivity (Wildman–Crippen MR) is 152 cm³/mol. The monoisotopic (exact) mass is 1030 g/mol. The molecule has 0 radical (unpaired) electrons. The molecular formula is C16H16Br6F12N4P2.